The molecule has 0 saturated carbocycles. The molecule has 0 saturated heterocycles. The third-order valence-corrected chi connectivity index (χ3v) is 16.3. The molecule has 3 N–H and O–H groups in total. The monoisotopic (exact) mass is 1070 g/mol. The van der Waals surface area contributed by atoms with Gasteiger partial charge < -0.3 is 20.3 Å². The Bertz CT molecular complexity index is 1190. The van der Waals surface area contributed by atoms with Crippen LogP contribution in [-0.4, -0.2) is 47.4 Å². The number of aliphatic hydroxyl groups excluding tert-OH is 2. The van der Waals surface area contributed by atoms with E-state index in [9.17, 15) is 19.8 Å². The van der Waals surface area contributed by atoms with Gasteiger partial charge in [0.25, 0.3) is 0 Å². The maximum absolute atomic E-state index is 12.6. The smallest absolute Gasteiger partial charge is 0.305 e. The number of unbranched alkanes of at least 4 members (excludes halogenated alkanes) is 50. The highest BCUT2D eigenvalue weighted by atomic mass is 16.5. The topological polar surface area (TPSA) is 95.9 Å². The van der Waals surface area contributed by atoms with Crippen molar-refractivity contribution in [3.8, 4) is 0 Å². The number of carbonyl (C=O) groups is 2. The molecule has 0 heterocycles. The van der Waals surface area contributed by atoms with Crippen LogP contribution in [0.2, 0.25) is 0 Å². The molecule has 0 fully saturated rings. The van der Waals surface area contributed by atoms with Crippen molar-refractivity contribution in [3.63, 3.8) is 0 Å². The van der Waals surface area contributed by atoms with Crippen molar-refractivity contribution >= 4 is 11.9 Å². The molecule has 2 unspecified atom stereocenters. The van der Waals surface area contributed by atoms with Gasteiger partial charge >= 0.3 is 5.97 Å². The minimum Gasteiger partial charge on any atom is -0.466 e. The normalized spacial score (nSPS) is 12.6. The number of esters is 1. The lowest BCUT2D eigenvalue weighted by molar-refractivity contribution is -0.143. The molecule has 0 radical (unpaired) electrons. The highest BCUT2D eigenvalue weighted by Gasteiger charge is 2.20. The maximum atomic E-state index is 12.6. The number of hydrogen-bond acceptors (Lipinski definition) is 5. The molecule has 450 valence electrons. The lowest BCUT2D eigenvalue weighted by atomic mass is 10.0. The van der Waals surface area contributed by atoms with Gasteiger partial charge in [0.05, 0.1) is 25.4 Å². The predicted molar refractivity (Wildman–Crippen MR) is 333 cm³/mol. The molecule has 0 spiro atoms. The van der Waals surface area contributed by atoms with Crippen LogP contribution in [0.25, 0.3) is 0 Å². The molecule has 0 rings (SSSR count). The van der Waals surface area contributed by atoms with Gasteiger partial charge in [0, 0.05) is 12.8 Å². The fourth-order valence-electron chi connectivity index (χ4n) is 11.0. The number of aliphatic hydroxyl groups is 2. The molecular formula is C70H135NO5. The van der Waals surface area contributed by atoms with Crippen LogP contribution in [0.5, 0.6) is 0 Å². The third kappa shape index (κ3) is 61.6. The van der Waals surface area contributed by atoms with Gasteiger partial charge in [0.15, 0.2) is 0 Å². The van der Waals surface area contributed by atoms with Crippen molar-refractivity contribution in [1.82, 2.24) is 5.32 Å². The van der Waals surface area contributed by atoms with Crippen LogP contribution in [0, 0.1) is 0 Å². The van der Waals surface area contributed by atoms with Gasteiger partial charge in [-0.3, -0.25) is 9.59 Å². The molecular weight excluding hydrogens is 935 g/mol. The van der Waals surface area contributed by atoms with Gasteiger partial charge in [-0.15, -0.1) is 0 Å². The molecule has 0 bridgehead atoms. The summed E-state index contributed by atoms with van der Waals surface area (Å²) in [6.07, 6.45) is 82.1. The Labute approximate surface area is 475 Å². The number of hydrogen-bond donors (Lipinski definition) is 3. The zero-order valence-corrected chi connectivity index (χ0v) is 51.5. The van der Waals surface area contributed by atoms with E-state index in [1.54, 1.807) is 0 Å². The van der Waals surface area contributed by atoms with Crippen molar-refractivity contribution < 1.29 is 24.5 Å². The van der Waals surface area contributed by atoms with Crippen LogP contribution in [0.1, 0.15) is 386 Å². The van der Waals surface area contributed by atoms with Gasteiger partial charge in [0.1, 0.15) is 0 Å². The number of ether oxygens (including phenoxy) is 1. The van der Waals surface area contributed by atoms with E-state index in [0.29, 0.717) is 25.9 Å². The SMILES string of the molecule is CCCCC/C=C\C/C=C\CCCCCCCC(=O)OCCCCCCCCCCCCCCCCCCCCCCC(=O)NC(CO)C(O)CCCCCCCCCCCCCCCCCCCCCCCCCC. The van der Waals surface area contributed by atoms with E-state index >= 15 is 0 Å². The second-order valence-electron chi connectivity index (χ2n) is 23.9. The first kappa shape index (κ1) is 74.3. The molecule has 2 atom stereocenters. The van der Waals surface area contributed by atoms with Crippen molar-refractivity contribution in [2.45, 2.75) is 398 Å². The number of amides is 1. The number of carbonyl (C=O) groups excluding carboxylic acids is 2. The second-order valence-corrected chi connectivity index (χ2v) is 23.9. The zero-order chi connectivity index (χ0) is 55.0. The molecule has 1 amide bonds. The largest absolute Gasteiger partial charge is 0.466 e. The van der Waals surface area contributed by atoms with Crippen LogP contribution in [0.15, 0.2) is 24.3 Å². The van der Waals surface area contributed by atoms with Gasteiger partial charge in [0.2, 0.25) is 5.91 Å². The van der Waals surface area contributed by atoms with Crippen molar-refractivity contribution in [1.29, 1.82) is 0 Å². The lowest BCUT2D eigenvalue weighted by Gasteiger charge is -2.22. The summed E-state index contributed by atoms with van der Waals surface area (Å²) in [5.74, 6) is -0.0349. The predicted octanol–water partition coefficient (Wildman–Crippen LogP) is 22.1. The Morgan fingerprint density at radius 3 is 1.03 bits per heavy atom. The molecule has 6 heteroatoms. The minimum absolute atomic E-state index is 0.00236. The van der Waals surface area contributed by atoms with Gasteiger partial charge in [-0.2, -0.15) is 0 Å². The molecule has 0 aliphatic rings. The van der Waals surface area contributed by atoms with Crippen LogP contribution < -0.4 is 5.32 Å². The van der Waals surface area contributed by atoms with Crippen LogP contribution in [0.3, 0.4) is 0 Å². The number of rotatable bonds is 65. The van der Waals surface area contributed by atoms with E-state index in [-0.39, 0.29) is 18.5 Å². The summed E-state index contributed by atoms with van der Waals surface area (Å²) in [5, 5.41) is 23.4. The van der Waals surface area contributed by atoms with Crippen molar-refractivity contribution in [3.05, 3.63) is 24.3 Å². The summed E-state index contributed by atoms with van der Waals surface area (Å²) < 4.78 is 5.48. The van der Waals surface area contributed by atoms with Crippen LogP contribution >= 0.6 is 0 Å². The van der Waals surface area contributed by atoms with Gasteiger partial charge in [-0.1, -0.05) is 340 Å². The first-order chi connectivity index (χ1) is 37.5. The molecule has 76 heavy (non-hydrogen) atoms. The Morgan fingerprint density at radius 1 is 0.368 bits per heavy atom. The fourth-order valence-corrected chi connectivity index (χ4v) is 11.0. The summed E-state index contributed by atoms with van der Waals surface area (Å²) >= 11 is 0. The van der Waals surface area contributed by atoms with E-state index < -0.39 is 12.1 Å². The first-order valence-electron chi connectivity index (χ1n) is 34.6. The van der Waals surface area contributed by atoms with Gasteiger partial charge in [-0.05, 0) is 57.8 Å². The molecule has 0 aromatic rings. The molecule has 0 aliphatic heterocycles. The highest BCUT2D eigenvalue weighted by molar-refractivity contribution is 5.76. The molecule has 0 aliphatic carbocycles. The van der Waals surface area contributed by atoms with E-state index in [1.807, 2.05) is 0 Å². The summed E-state index contributed by atoms with van der Waals surface area (Å²) in [7, 11) is 0. The van der Waals surface area contributed by atoms with E-state index in [1.165, 1.54) is 302 Å². The Kier molecular flexibility index (Phi) is 64.4. The average molecular weight is 1070 g/mol. The maximum Gasteiger partial charge on any atom is 0.305 e. The van der Waals surface area contributed by atoms with Crippen LogP contribution in [0.4, 0.5) is 0 Å². The minimum atomic E-state index is -0.667. The molecule has 0 aromatic carbocycles. The zero-order valence-electron chi connectivity index (χ0n) is 51.5. The standard InChI is InChI=1S/C70H135NO5/c1-3-5-7-9-11-13-15-17-19-20-21-22-23-24-25-28-31-35-38-42-46-50-54-58-62-68(73)67(66-72)71-69(74)63-59-55-51-47-43-39-36-32-29-26-27-30-33-37-41-45-49-53-57-61-65-76-70(75)64-60-56-52-48-44-40-34-18-16-14-12-10-8-6-4-2/h12,14,18,34,67-68,72-73H,3-11,13,15-17,19-33,35-66H2,1-2H3,(H,71,74)/b14-12-,34-18-. The molecule has 0 aromatic heterocycles. The summed E-state index contributed by atoms with van der Waals surface area (Å²) in [6, 6.07) is -0.545. The van der Waals surface area contributed by atoms with E-state index in [4.69, 9.17) is 4.74 Å². The second kappa shape index (κ2) is 65.9. The molecule has 6 nitrogen and oxygen atoms in total. The highest BCUT2D eigenvalue weighted by Crippen LogP contribution is 2.19. The van der Waals surface area contributed by atoms with Crippen LogP contribution in [-0.2, 0) is 14.3 Å². The summed E-state index contributed by atoms with van der Waals surface area (Å²) in [4.78, 5) is 24.6. The van der Waals surface area contributed by atoms with Crippen molar-refractivity contribution in [2.75, 3.05) is 13.2 Å². The number of nitrogens with one attached hydrogen (secondary N) is 1. The number of allylic oxidation sites excluding steroid dienone is 4. The average Bonchev–Trinajstić information content (AvgIpc) is 3.42. The fraction of sp³-hybridized carbons (Fsp3) is 0.914. The summed E-state index contributed by atoms with van der Waals surface area (Å²) in [5.41, 5.74) is 0. The quantitative estimate of drug-likeness (QED) is 0.0320. The third-order valence-electron chi connectivity index (χ3n) is 16.3. The van der Waals surface area contributed by atoms with Crippen molar-refractivity contribution in [2.24, 2.45) is 0 Å². The Morgan fingerprint density at radius 2 is 0.658 bits per heavy atom. The Hall–Kier alpha value is -1.66. The first-order valence-corrected chi connectivity index (χ1v) is 34.6. The van der Waals surface area contributed by atoms with Gasteiger partial charge in [-0.25, -0.2) is 0 Å². The van der Waals surface area contributed by atoms with E-state index in [2.05, 4.69) is 43.5 Å². The lowest BCUT2D eigenvalue weighted by Crippen LogP contribution is -2.45. The summed E-state index contributed by atoms with van der Waals surface area (Å²) in [6.45, 7) is 4.95. The van der Waals surface area contributed by atoms with E-state index in [0.717, 1.165) is 51.4 Å². The Balaban J connectivity index is 3.40.